The van der Waals surface area contributed by atoms with Gasteiger partial charge in [-0.15, -0.1) is 0 Å². The van der Waals surface area contributed by atoms with Crippen LogP contribution in [0.2, 0.25) is 10.0 Å². The number of nitrogens with one attached hydrogen (secondary N) is 1. The Hall–Kier alpha value is -2.51. The van der Waals surface area contributed by atoms with Crippen molar-refractivity contribution in [2.45, 2.75) is 46.4 Å². The minimum atomic E-state index is 0.362. The number of hydrogen-bond acceptors (Lipinski definition) is 6. The van der Waals surface area contributed by atoms with Gasteiger partial charge in [0.1, 0.15) is 6.61 Å². The summed E-state index contributed by atoms with van der Waals surface area (Å²) in [6, 6.07) is 11.3. The molecule has 0 radical (unpaired) electrons. The molecule has 0 unspecified atom stereocenters. The highest BCUT2D eigenvalue weighted by Gasteiger charge is 2.10. The lowest BCUT2D eigenvalue weighted by atomic mass is 10.2. The topological polar surface area (TPSA) is 74.1 Å². The number of aryl methyl sites for hydroxylation is 1. The molecule has 2 aromatic carbocycles. The molecule has 160 valence electrons. The molecule has 7 nitrogen and oxygen atoms in total. The quantitative estimate of drug-likeness (QED) is 0.424. The van der Waals surface area contributed by atoms with Gasteiger partial charge in [-0.2, -0.15) is 0 Å². The summed E-state index contributed by atoms with van der Waals surface area (Å²) in [6.07, 6.45) is 2.11. The summed E-state index contributed by atoms with van der Waals surface area (Å²) in [5, 5.41) is 16.1. The van der Waals surface area contributed by atoms with Gasteiger partial charge in [0, 0.05) is 13.1 Å². The highest BCUT2D eigenvalue weighted by Crippen LogP contribution is 2.30. The van der Waals surface area contributed by atoms with Crippen molar-refractivity contribution < 1.29 is 9.47 Å². The van der Waals surface area contributed by atoms with Gasteiger partial charge in [0.25, 0.3) is 0 Å². The molecule has 0 aliphatic heterocycles. The molecule has 9 heteroatoms. The van der Waals surface area contributed by atoms with Gasteiger partial charge in [-0.1, -0.05) is 53.8 Å². The van der Waals surface area contributed by atoms with Crippen molar-refractivity contribution in [3.8, 4) is 11.5 Å². The predicted molar refractivity (Wildman–Crippen MR) is 118 cm³/mol. The largest absolute Gasteiger partial charge is 0.490 e. The summed E-state index contributed by atoms with van der Waals surface area (Å²) in [7, 11) is 0. The third-order valence-electron chi connectivity index (χ3n) is 4.39. The van der Waals surface area contributed by atoms with Gasteiger partial charge in [0.05, 0.1) is 16.7 Å². The molecular weight excluding hydrogens is 425 g/mol. The van der Waals surface area contributed by atoms with E-state index in [0.717, 1.165) is 30.5 Å². The van der Waals surface area contributed by atoms with E-state index in [9.17, 15) is 0 Å². The number of halogens is 2. The number of hydrogen-bond donors (Lipinski definition) is 1. The molecule has 0 fully saturated rings. The number of aromatic nitrogens is 4. The van der Waals surface area contributed by atoms with Gasteiger partial charge in [0.15, 0.2) is 11.5 Å². The second kappa shape index (κ2) is 11.0. The summed E-state index contributed by atoms with van der Waals surface area (Å²) in [5.41, 5.74) is 1.96. The van der Waals surface area contributed by atoms with Gasteiger partial charge in [-0.05, 0) is 59.2 Å². The maximum atomic E-state index is 6.08. The van der Waals surface area contributed by atoms with Crippen molar-refractivity contribution >= 4 is 29.2 Å². The van der Waals surface area contributed by atoms with Crippen molar-refractivity contribution in [2.75, 3.05) is 11.9 Å². The van der Waals surface area contributed by atoms with E-state index in [0.29, 0.717) is 47.3 Å². The van der Waals surface area contributed by atoms with Gasteiger partial charge >= 0.3 is 0 Å². The Bertz CT molecular complexity index is 964. The average Bonchev–Trinajstić information content (AvgIpc) is 3.20. The minimum Gasteiger partial charge on any atom is -0.490 e. The van der Waals surface area contributed by atoms with Crippen molar-refractivity contribution in [1.82, 2.24) is 20.2 Å². The van der Waals surface area contributed by atoms with E-state index in [4.69, 9.17) is 32.7 Å². The van der Waals surface area contributed by atoms with Crippen LogP contribution in [0.4, 0.5) is 5.95 Å². The fraction of sp³-hybridized carbons (Fsp3) is 0.381. The first-order valence-corrected chi connectivity index (χ1v) is 10.7. The summed E-state index contributed by atoms with van der Waals surface area (Å²) in [4.78, 5) is 0. The van der Waals surface area contributed by atoms with Crippen LogP contribution in [0.1, 0.15) is 37.8 Å². The van der Waals surface area contributed by atoms with E-state index < -0.39 is 0 Å². The van der Waals surface area contributed by atoms with Crippen molar-refractivity contribution in [3.63, 3.8) is 0 Å². The highest BCUT2D eigenvalue weighted by atomic mass is 35.5. The van der Waals surface area contributed by atoms with E-state index in [1.807, 2.05) is 31.2 Å². The van der Waals surface area contributed by atoms with Gasteiger partial charge in [-0.3, -0.25) is 0 Å². The Kier molecular flexibility index (Phi) is 8.16. The van der Waals surface area contributed by atoms with Gasteiger partial charge < -0.3 is 14.8 Å². The predicted octanol–water partition coefficient (Wildman–Crippen LogP) is 5.37. The van der Waals surface area contributed by atoms with Crippen LogP contribution in [0.3, 0.4) is 0 Å². The zero-order valence-corrected chi connectivity index (χ0v) is 18.6. The second-order valence-corrected chi connectivity index (χ2v) is 7.50. The summed E-state index contributed by atoms with van der Waals surface area (Å²) in [6.45, 7) is 6.33. The summed E-state index contributed by atoms with van der Waals surface area (Å²) in [5.74, 6) is 2.00. The Morgan fingerprint density at radius 2 is 1.80 bits per heavy atom. The smallest absolute Gasteiger partial charge is 0.243 e. The Labute approximate surface area is 186 Å². The molecule has 0 saturated carbocycles. The minimum absolute atomic E-state index is 0.362. The number of unbranched alkanes of at least 4 members (excludes halogenated alkanes) is 1. The molecule has 0 saturated heterocycles. The van der Waals surface area contributed by atoms with Crippen LogP contribution in [0, 0.1) is 0 Å². The molecule has 0 bridgehead atoms. The monoisotopic (exact) mass is 449 g/mol. The number of anilines is 1. The molecular formula is C21H25Cl2N5O2. The lowest BCUT2D eigenvalue weighted by molar-refractivity contribution is 0.269. The molecule has 30 heavy (non-hydrogen) atoms. The number of ether oxygens (including phenoxy) is 2. The Balaban J connectivity index is 1.65. The normalized spacial score (nSPS) is 10.8. The lowest BCUT2D eigenvalue weighted by Gasteiger charge is -2.14. The van der Waals surface area contributed by atoms with E-state index in [2.05, 4.69) is 27.8 Å². The van der Waals surface area contributed by atoms with Crippen LogP contribution in [-0.4, -0.2) is 26.8 Å². The lowest BCUT2D eigenvalue weighted by Crippen LogP contribution is -2.09. The maximum Gasteiger partial charge on any atom is 0.243 e. The van der Waals surface area contributed by atoms with Crippen molar-refractivity contribution in [2.24, 2.45) is 0 Å². The molecule has 3 aromatic rings. The molecule has 3 rings (SSSR count). The summed E-state index contributed by atoms with van der Waals surface area (Å²) >= 11 is 12.0. The number of rotatable bonds is 11. The zero-order chi connectivity index (χ0) is 21.3. The third-order valence-corrected chi connectivity index (χ3v) is 5.13. The molecule has 0 aliphatic rings. The standard InChI is InChI=1S/C21H25Cl2N5O2/c1-3-5-10-28-21(25-26-27-28)24-13-15-7-9-19(20(12-15)29-4-2)30-14-16-6-8-17(22)18(23)11-16/h6-9,11-12H,3-5,10,13-14H2,1-2H3,(H,24,25,27). The van der Waals surface area contributed by atoms with Crippen LogP contribution < -0.4 is 14.8 Å². The fourth-order valence-corrected chi connectivity index (χ4v) is 3.13. The van der Waals surface area contributed by atoms with Crippen LogP contribution in [0.15, 0.2) is 36.4 Å². The number of tetrazole rings is 1. The first kappa shape index (κ1) is 22.2. The maximum absolute atomic E-state index is 6.08. The van der Waals surface area contributed by atoms with Gasteiger partial charge in [0.2, 0.25) is 5.95 Å². The van der Waals surface area contributed by atoms with E-state index in [1.54, 1.807) is 16.8 Å². The average molecular weight is 450 g/mol. The van der Waals surface area contributed by atoms with Crippen LogP contribution in [0.25, 0.3) is 0 Å². The zero-order valence-electron chi connectivity index (χ0n) is 17.1. The van der Waals surface area contributed by atoms with Crippen LogP contribution >= 0.6 is 23.2 Å². The first-order valence-electron chi connectivity index (χ1n) is 9.93. The molecule has 1 aromatic heterocycles. The third kappa shape index (κ3) is 6.00. The Morgan fingerprint density at radius 1 is 0.967 bits per heavy atom. The molecule has 0 amide bonds. The highest BCUT2D eigenvalue weighted by molar-refractivity contribution is 6.42. The molecule has 1 heterocycles. The fourth-order valence-electron chi connectivity index (χ4n) is 2.81. The van der Waals surface area contributed by atoms with Gasteiger partial charge in [-0.25, -0.2) is 4.68 Å². The SMILES string of the molecule is CCCCn1nnnc1NCc1ccc(OCc2ccc(Cl)c(Cl)c2)c(OCC)c1. The molecule has 0 atom stereocenters. The van der Waals surface area contributed by atoms with Crippen LogP contribution in [0.5, 0.6) is 11.5 Å². The molecule has 0 spiro atoms. The van der Waals surface area contributed by atoms with E-state index in [1.165, 1.54) is 0 Å². The molecule has 0 aliphatic carbocycles. The van der Waals surface area contributed by atoms with Crippen molar-refractivity contribution in [3.05, 3.63) is 57.6 Å². The first-order chi connectivity index (χ1) is 14.6. The number of nitrogens with zero attached hydrogens (tertiary/aromatic N) is 4. The summed E-state index contributed by atoms with van der Waals surface area (Å²) < 4.78 is 13.5. The van der Waals surface area contributed by atoms with E-state index in [-0.39, 0.29) is 0 Å². The van der Waals surface area contributed by atoms with Crippen molar-refractivity contribution in [1.29, 1.82) is 0 Å². The Morgan fingerprint density at radius 3 is 2.57 bits per heavy atom. The number of benzene rings is 2. The second-order valence-electron chi connectivity index (χ2n) is 6.68. The van der Waals surface area contributed by atoms with E-state index >= 15 is 0 Å². The van der Waals surface area contributed by atoms with Crippen LogP contribution in [-0.2, 0) is 19.7 Å². The molecule has 1 N–H and O–H groups in total.